The van der Waals surface area contributed by atoms with Crippen molar-refractivity contribution < 1.29 is 14.6 Å². The topological polar surface area (TPSA) is 78.4 Å². The van der Waals surface area contributed by atoms with Crippen LogP contribution in [0.15, 0.2) is 23.2 Å². The summed E-state index contributed by atoms with van der Waals surface area (Å²) in [6.07, 6.45) is 1.02. The molecular weight excluding hydrogens is 320 g/mol. The van der Waals surface area contributed by atoms with Crippen LogP contribution in [0.2, 0.25) is 0 Å². The Morgan fingerprint density at radius 1 is 1.24 bits per heavy atom. The predicted octanol–water partition coefficient (Wildman–Crippen LogP) is 1.42. The van der Waals surface area contributed by atoms with Crippen LogP contribution in [-0.4, -0.2) is 70.0 Å². The van der Waals surface area contributed by atoms with Gasteiger partial charge in [-0.1, -0.05) is 12.1 Å². The Labute approximate surface area is 151 Å². The van der Waals surface area contributed by atoms with Crippen LogP contribution in [0, 0.1) is 0 Å². The van der Waals surface area contributed by atoms with Gasteiger partial charge in [0.15, 0.2) is 17.5 Å². The van der Waals surface area contributed by atoms with Crippen LogP contribution >= 0.6 is 0 Å². The molecule has 0 atom stereocenters. The fourth-order valence-corrected chi connectivity index (χ4v) is 2.32. The monoisotopic (exact) mass is 352 g/mol. The van der Waals surface area contributed by atoms with Crippen LogP contribution in [0.1, 0.15) is 18.9 Å². The maximum absolute atomic E-state index is 10.1. The van der Waals surface area contributed by atoms with E-state index >= 15 is 0 Å². The molecule has 0 saturated heterocycles. The molecule has 0 fully saturated rings. The minimum absolute atomic E-state index is 0.141. The molecule has 25 heavy (non-hydrogen) atoms. The highest BCUT2D eigenvalue weighted by Gasteiger charge is 2.07. The highest BCUT2D eigenvalue weighted by molar-refractivity contribution is 5.79. The first-order valence-electron chi connectivity index (χ1n) is 8.66. The smallest absolute Gasteiger partial charge is 0.191 e. The molecule has 0 radical (unpaired) electrons. The quantitative estimate of drug-likeness (QED) is 0.318. The van der Waals surface area contributed by atoms with Gasteiger partial charge in [0.2, 0.25) is 0 Å². The highest BCUT2D eigenvalue weighted by atomic mass is 16.5. The van der Waals surface area contributed by atoms with Crippen LogP contribution in [0.5, 0.6) is 11.5 Å². The Morgan fingerprint density at radius 2 is 2.04 bits per heavy atom. The number of methoxy groups -OCH3 is 2. The molecule has 3 N–H and O–H groups in total. The number of nitrogens with one attached hydrogen (secondary N) is 2. The second-order valence-corrected chi connectivity index (χ2v) is 5.74. The van der Waals surface area contributed by atoms with Crippen molar-refractivity contribution in [2.24, 2.45) is 4.99 Å². The Morgan fingerprint density at radius 3 is 2.72 bits per heavy atom. The minimum Gasteiger partial charge on any atom is -0.504 e. The summed E-state index contributed by atoms with van der Waals surface area (Å²) in [5.74, 6) is 1.33. The molecule has 0 spiro atoms. The van der Waals surface area contributed by atoms with E-state index in [4.69, 9.17) is 9.47 Å². The third-order valence-electron chi connectivity index (χ3n) is 3.73. The number of para-hydroxylation sites is 1. The minimum atomic E-state index is 0.141. The summed E-state index contributed by atoms with van der Waals surface area (Å²) in [6, 6.07) is 5.42. The van der Waals surface area contributed by atoms with Gasteiger partial charge in [-0.2, -0.15) is 0 Å². The van der Waals surface area contributed by atoms with Crippen molar-refractivity contribution in [3.8, 4) is 11.5 Å². The molecule has 7 heteroatoms. The molecule has 7 nitrogen and oxygen atoms in total. The Kier molecular flexibility index (Phi) is 10.4. The molecule has 0 aliphatic rings. The number of aliphatic imine (C=N–C) groups is 1. The molecule has 1 aromatic carbocycles. The number of hydrogen-bond acceptors (Lipinski definition) is 5. The lowest BCUT2D eigenvalue weighted by Crippen LogP contribution is -2.41. The number of phenolic OH excluding ortho intramolecular Hbond substituents is 1. The van der Waals surface area contributed by atoms with E-state index in [0.717, 1.165) is 50.7 Å². The maximum atomic E-state index is 10.1. The van der Waals surface area contributed by atoms with Gasteiger partial charge in [0.1, 0.15) is 0 Å². The predicted molar refractivity (Wildman–Crippen MR) is 101 cm³/mol. The third-order valence-corrected chi connectivity index (χ3v) is 3.73. The van der Waals surface area contributed by atoms with Crippen LogP contribution in [0.25, 0.3) is 0 Å². The van der Waals surface area contributed by atoms with Gasteiger partial charge < -0.3 is 30.1 Å². The first kappa shape index (κ1) is 21.1. The normalized spacial score (nSPS) is 11.6. The molecule has 0 bridgehead atoms. The number of benzene rings is 1. The van der Waals surface area contributed by atoms with Crippen LogP contribution in [0.4, 0.5) is 0 Å². The molecule has 0 heterocycles. The zero-order valence-electron chi connectivity index (χ0n) is 15.8. The summed E-state index contributed by atoms with van der Waals surface area (Å²) in [5, 5.41) is 16.7. The summed E-state index contributed by atoms with van der Waals surface area (Å²) in [4.78, 5) is 6.79. The molecule has 1 rings (SSSR count). The van der Waals surface area contributed by atoms with Gasteiger partial charge in [0.25, 0.3) is 0 Å². The van der Waals surface area contributed by atoms with E-state index in [2.05, 4.69) is 27.6 Å². The number of rotatable bonds is 11. The zero-order valence-corrected chi connectivity index (χ0v) is 15.8. The second-order valence-electron chi connectivity index (χ2n) is 5.74. The molecule has 0 aromatic heterocycles. The van der Waals surface area contributed by atoms with Gasteiger partial charge in [0, 0.05) is 45.5 Å². The van der Waals surface area contributed by atoms with E-state index in [-0.39, 0.29) is 5.75 Å². The van der Waals surface area contributed by atoms with E-state index in [9.17, 15) is 5.11 Å². The van der Waals surface area contributed by atoms with Gasteiger partial charge in [-0.25, -0.2) is 4.99 Å². The molecule has 0 saturated carbocycles. The van der Waals surface area contributed by atoms with Crippen molar-refractivity contribution in [2.75, 3.05) is 54.1 Å². The van der Waals surface area contributed by atoms with Crippen molar-refractivity contribution in [3.63, 3.8) is 0 Å². The molecule has 142 valence electrons. The van der Waals surface area contributed by atoms with E-state index in [1.807, 2.05) is 19.1 Å². The van der Waals surface area contributed by atoms with Crippen molar-refractivity contribution in [3.05, 3.63) is 23.8 Å². The van der Waals surface area contributed by atoms with Gasteiger partial charge in [-0.15, -0.1) is 0 Å². The summed E-state index contributed by atoms with van der Waals surface area (Å²) in [5.41, 5.74) is 0.730. The molecule has 0 aliphatic heterocycles. The molecule has 0 aliphatic carbocycles. The molecule has 0 unspecified atom stereocenters. The third kappa shape index (κ3) is 8.09. The lowest BCUT2D eigenvalue weighted by atomic mass is 10.2. The first-order chi connectivity index (χ1) is 12.1. The van der Waals surface area contributed by atoms with Crippen molar-refractivity contribution in [1.82, 2.24) is 15.5 Å². The maximum Gasteiger partial charge on any atom is 0.191 e. The lowest BCUT2D eigenvalue weighted by Gasteiger charge is -2.18. The number of ether oxygens (including phenoxy) is 2. The number of phenols is 1. The Balaban J connectivity index is 2.51. The number of likely N-dealkylation sites (N-methyl/N-ethyl adjacent to an activating group) is 1. The summed E-state index contributed by atoms with van der Waals surface area (Å²) >= 11 is 0. The Bertz CT molecular complexity index is 523. The number of guanidine groups is 1. The first-order valence-corrected chi connectivity index (χ1v) is 8.66. The van der Waals surface area contributed by atoms with Gasteiger partial charge in [-0.3, -0.25) is 0 Å². The van der Waals surface area contributed by atoms with E-state index in [0.29, 0.717) is 12.3 Å². The zero-order chi connectivity index (χ0) is 18.5. The SMILES string of the molecule is CCNC(=NCc1cccc(OC)c1O)NCCN(C)CCCOC. The molecular formula is C18H32N4O3. The standard InChI is InChI=1S/C18H32N4O3/c1-5-19-18(20-10-12-22(2)11-7-13-24-3)21-14-15-8-6-9-16(25-4)17(15)23/h6,8-9,23H,5,7,10-14H2,1-4H3,(H2,19,20,21). The number of aromatic hydroxyl groups is 1. The summed E-state index contributed by atoms with van der Waals surface area (Å²) in [7, 11) is 5.35. The van der Waals surface area contributed by atoms with Crippen molar-refractivity contribution >= 4 is 5.96 Å². The van der Waals surface area contributed by atoms with E-state index < -0.39 is 0 Å². The van der Waals surface area contributed by atoms with Gasteiger partial charge in [-0.05, 0) is 26.5 Å². The largest absolute Gasteiger partial charge is 0.504 e. The number of nitrogens with zero attached hydrogens (tertiary/aromatic N) is 2. The fourth-order valence-electron chi connectivity index (χ4n) is 2.32. The van der Waals surface area contributed by atoms with E-state index in [1.165, 1.54) is 7.11 Å². The summed E-state index contributed by atoms with van der Waals surface area (Å²) < 4.78 is 10.2. The lowest BCUT2D eigenvalue weighted by molar-refractivity contribution is 0.180. The van der Waals surface area contributed by atoms with Crippen LogP contribution in [0.3, 0.4) is 0 Å². The van der Waals surface area contributed by atoms with E-state index in [1.54, 1.807) is 13.2 Å². The van der Waals surface area contributed by atoms with Crippen LogP contribution in [-0.2, 0) is 11.3 Å². The average Bonchev–Trinajstić information content (AvgIpc) is 2.61. The van der Waals surface area contributed by atoms with Crippen molar-refractivity contribution in [1.29, 1.82) is 0 Å². The Hall–Kier alpha value is -1.99. The van der Waals surface area contributed by atoms with Gasteiger partial charge >= 0.3 is 0 Å². The average molecular weight is 352 g/mol. The van der Waals surface area contributed by atoms with Crippen molar-refractivity contribution in [2.45, 2.75) is 19.9 Å². The number of hydrogen-bond donors (Lipinski definition) is 3. The van der Waals surface area contributed by atoms with Gasteiger partial charge in [0.05, 0.1) is 13.7 Å². The van der Waals surface area contributed by atoms with Crippen LogP contribution < -0.4 is 15.4 Å². The second kappa shape index (κ2) is 12.4. The fraction of sp³-hybridized carbons (Fsp3) is 0.611. The molecule has 0 amide bonds. The highest BCUT2D eigenvalue weighted by Crippen LogP contribution is 2.29. The molecule has 1 aromatic rings. The summed E-state index contributed by atoms with van der Waals surface area (Å²) in [6.45, 7) is 6.67.